The standard InChI is InChI=1S/C28H28N6O4S/c1-17-23(26(35)31-20-11-8-12-29-15-20)24(19-13-21(36-2)25(38-4)22(14-19)37-3)34-27(30-17)32-28(33-34)39-16-18-9-6-5-7-10-18/h5-15,24H,16H2,1-4H3,(H,31,35)(H,30,32,33)/t24-/m1/s1. The minimum Gasteiger partial charge on any atom is -0.493 e. The first-order valence-corrected chi connectivity index (χ1v) is 13.1. The van der Waals surface area contributed by atoms with Gasteiger partial charge in [-0.05, 0) is 42.3 Å². The maximum atomic E-state index is 13.7. The number of pyridine rings is 1. The van der Waals surface area contributed by atoms with Crippen LogP contribution in [0.25, 0.3) is 0 Å². The number of nitrogens with one attached hydrogen (secondary N) is 2. The minimum atomic E-state index is -0.634. The monoisotopic (exact) mass is 544 g/mol. The number of carbonyl (C=O) groups is 1. The molecular weight excluding hydrogens is 516 g/mol. The molecule has 1 atom stereocenters. The highest BCUT2D eigenvalue weighted by atomic mass is 32.2. The first-order valence-electron chi connectivity index (χ1n) is 12.1. The molecule has 0 saturated heterocycles. The van der Waals surface area contributed by atoms with Crippen molar-refractivity contribution in [2.24, 2.45) is 0 Å². The topological polar surface area (TPSA) is 112 Å². The van der Waals surface area contributed by atoms with Gasteiger partial charge in [-0.2, -0.15) is 4.98 Å². The Hall–Kier alpha value is -4.51. The lowest BCUT2D eigenvalue weighted by Gasteiger charge is -2.29. The number of fused-ring (bicyclic) bond motifs is 1. The van der Waals surface area contributed by atoms with Crippen molar-refractivity contribution in [3.63, 3.8) is 0 Å². The summed E-state index contributed by atoms with van der Waals surface area (Å²) >= 11 is 1.52. The van der Waals surface area contributed by atoms with E-state index in [1.807, 2.05) is 37.3 Å². The molecule has 5 rings (SSSR count). The maximum absolute atomic E-state index is 13.7. The molecule has 0 aliphatic carbocycles. The van der Waals surface area contributed by atoms with Crippen molar-refractivity contribution in [3.8, 4) is 17.2 Å². The highest BCUT2D eigenvalue weighted by Gasteiger charge is 2.35. The molecular formula is C28H28N6O4S. The summed E-state index contributed by atoms with van der Waals surface area (Å²) in [4.78, 5) is 22.6. The van der Waals surface area contributed by atoms with Gasteiger partial charge in [-0.15, -0.1) is 5.10 Å². The van der Waals surface area contributed by atoms with Crippen molar-refractivity contribution in [2.45, 2.75) is 23.9 Å². The van der Waals surface area contributed by atoms with Gasteiger partial charge in [0.15, 0.2) is 11.5 Å². The number of methoxy groups -OCH3 is 3. The van der Waals surface area contributed by atoms with Crippen LogP contribution in [0.5, 0.6) is 17.2 Å². The number of ether oxygens (including phenoxy) is 3. The highest BCUT2D eigenvalue weighted by molar-refractivity contribution is 7.98. The van der Waals surface area contributed by atoms with E-state index >= 15 is 0 Å². The Morgan fingerprint density at radius 2 is 1.79 bits per heavy atom. The lowest BCUT2D eigenvalue weighted by Crippen LogP contribution is -2.31. The zero-order valence-corrected chi connectivity index (χ0v) is 22.8. The number of rotatable bonds is 9. The number of aromatic nitrogens is 4. The van der Waals surface area contributed by atoms with Crippen molar-refractivity contribution in [1.29, 1.82) is 0 Å². The molecule has 11 heteroatoms. The van der Waals surface area contributed by atoms with Crippen LogP contribution in [0.3, 0.4) is 0 Å². The normalized spacial score (nSPS) is 14.3. The van der Waals surface area contributed by atoms with Gasteiger partial charge in [0.2, 0.25) is 16.9 Å². The van der Waals surface area contributed by atoms with Crippen molar-refractivity contribution < 1.29 is 19.0 Å². The lowest BCUT2D eigenvalue weighted by molar-refractivity contribution is -0.113. The van der Waals surface area contributed by atoms with E-state index in [4.69, 9.17) is 24.3 Å². The first-order chi connectivity index (χ1) is 19.0. The van der Waals surface area contributed by atoms with E-state index in [1.54, 1.807) is 50.5 Å². The van der Waals surface area contributed by atoms with E-state index in [9.17, 15) is 4.79 Å². The number of anilines is 2. The lowest BCUT2D eigenvalue weighted by atomic mass is 9.94. The molecule has 2 aromatic heterocycles. The van der Waals surface area contributed by atoms with Crippen LogP contribution in [0.2, 0.25) is 0 Å². The molecule has 39 heavy (non-hydrogen) atoms. The van der Waals surface area contributed by atoms with Gasteiger partial charge in [0.1, 0.15) is 6.04 Å². The number of hydrogen-bond acceptors (Lipinski definition) is 9. The van der Waals surface area contributed by atoms with Gasteiger partial charge in [-0.1, -0.05) is 42.1 Å². The summed E-state index contributed by atoms with van der Waals surface area (Å²) in [6.45, 7) is 1.85. The molecule has 200 valence electrons. The summed E-state index contributed by atoms with van der Waals surface area (Å²) in [5, 5.41) is 11.6. The average molecular weight is 545 g/mol. The zero-order chi connectivity index (χ0) is 27.4. The number of hydrogen-bond donors (Lipinski definition) is 2. The Morgan fingerprint density at radius 3 is 2.44 bits per heavy atom. The molecule has 0 bridgehead atoms. The van der Waals surface area contributed by atoms with Crippen molar-refractivity contribution in [2.75, 3.05) is 32.0 Å². The summed E-state index contributed by atoms with van der Waals surface area (Å²) in [5.41, 5.74) is 3.57. The number of amides is 1. The number of carbonyl (C=O) groups excluding carboxylic acids is 1. The fourth-order valence-electron chi connectivity index (χ4n) is 4.41. The Bertz CT molecular complexity index is 1480. The van der Waals surface area contributed by atoms with E-state index in [0.29, 0.717) is 56.6 Å². The molecule has 4 aromatic rings. The number of nitrogens with zero attached hydrogens (tertiary/aromatic N) is 4. The largest absolute Gasteiger partial charge is 0.493 e. The van der Waals surface area contributed by atoms with Crippen LogP contribution in [-0.2, 0) is 10.5 Å². The predicted octanol–water partition coefficient (Wildman–Crippen LogP) is 4.92. The van der Waals surface area contributed by atoms with E-state index in [0.717, 1.165) is 5.56 Å². The molecule has 0 unspecified atom stereocenters. The quantitative estimate of drug-likeness (QED) is 0.284. The van der Waals surface area contributed by atoms with Gasteiger partial charge in [0, 0.05) is 17.6 Å². The molecule has 1 aliphatic rings. The van der Waals surface area contributed by atoms with E-state index in [1.165, 1.54) is 11.8 Å². The molecule has 0 radical (unpaired) electrons. The van der Waals surface area contributed by atoms with Crippen LogP contribution >= 0.6 is 11.8 Å². The van der Waals surface area contributed by atoms with Gasteiger partial charge in [0.25, 0.3) is 5.91 Å². The second kappa shape index (κ2) is 11.5. The van der Waals surface area contributed by atoms with Gasteiger partial charge in [-0.3, -0.25) is 9.78 Å². The zero-order valence-electron chi connectivity index (χ0n) is 22.0. The van der Waals surface area contributed by atoms with Crippen LogP contribution in [0.15, 0.2) is 83.4 Å². The number of allylic oxidation sites excluding steroid dienone is 1. The van der Waals surface area contributed by atoms with Gasteiger partial charge in [-0.25, -0.2) is 4.68 Å². The SMILES string of the molecule is COc1cc([C@@H]2C(C(=O)Nc3cccnc3)=C(C)Nc3nc(SCc4ccccc4)nn32)cc(OC)c1OC. The number of thioether (sulfide) groups is 1. The molecule has 3 heterocycles. The van der Waals surface area contributed by atoms with Gasteiger partial charge in [0.05, 0.1) is 38.8 Å². The maximum Gasteiger partial charge on any atom is 0.255 e. The Balaban J connectivity index is 1.58. The molecule has 0 saturated carbocycles. The van der Waals surface area contributed by atoms with E-state index in [-0.39, 0.29) is 5.91 Å². The summed E-state index contributed by atoms with van der Waals surface area (Å²) in [7, 11) is 4.66. The molecule has 0 spiro atoms. The summed E-state index contributed by atoms with van der Waals surface area (Å²) in [6, 6.07) is 16.7. The van der Waals surface area contributed by atoms with E-state index < -0.39 is 6.04 Å². The minimum absolute atomic E-state index is 0.300. The molecule has 1 amide bonds. The van der Waals surface area contributed by atoms with Gasteiger partial charge >= 0.3 is 0 Å². The molecule has 0 fully saturated rings. The third kappa shape index (κ3) is 5.39. The smallest absolute Gasteiger partial charge is 0.255 e. The Morgan fingerprint density at radius 1 is 1.05 bits per heavy atom. The molecule has 1 aliphatic heterocycles. The summed E-state index contributed by atoms with van der Waals surface area (Å²) in [6.07, 6.45) is 3.25. The van der Waals surface area contributed by atoms with Crippen molar-refractivity contribution in [1.82, 2.24) is 19.7 Å². The van der Waals surface area contributed by atoms with Crippen LogP contribution in [0, 0.1) is 0 Å². The van der Waals surface area contributed by atoms with Crippen molar-refractivity contribution >= 4 is 29.3 Å². The van der Waals surface area contributed by atoms with Crippen LogP contribution < -0.4 is 24.8 Å². The number of benzene rings is 2. The fourth-order valence-corrected chi connectivity index (χ4v) is 5.20. The highest BCUT2D eigenvalue weighted by Crippen LogP contribution is 2.44. The average Bonchev–Trinajstić information content (AvgIpc) is 3.37. The summed E-state index contributed by atoms with van der Waals surface area (Å²) in [5.74, 6) is 2.33. The van der Waals surface area contributed by atoms with E-state index in [2.05, 4.69) is 27.8 Å². The second-order valence-electron chi connectivity index (χ2n) is 8.66. The van der Waals surface area contributed by atoms with Crippen LogP contribution in [0.4, 0.5) is 11.6 Å². The fraction of sp³-hybridized carbons (Fsp3) is 0.214. The molecule has 2 aromatic carbocycles. The first kappa shape index (κ1) is 26.1. The Labute approximate surface area is 230 Å². The second-order valence-corrected chi connectivity index (χ2v) is 9.60. The Kier molecular flexibility index (Phi) is 7.69. The third-order valence-electron chi connectivity index (χ3n) is 6.21. The molecule has 10 nitrogen and oxygen atoms in total. The third-order valence-corrected chi connectivity index (χ3v) is 7.12. The predicted molar refractivity (Wildman–Crippen MR) is 149 cm³/mol. The van der Waals surface area contributed by atoms with Crippen molar-refractivity contribution in [3.05, 3.63) is 89.4 Å². The van der Waals surface area contributed by atoms with Crippen LogP contribution in [0.1, 0.15) is 24.1 Å². The van der Waals surface area contributed by atoms with Gasteiger partial charge < -0.3 is 24.8 Å². The summed E-state index contributed by atoms with van der Waals surface area (Å²) < 4.78 is 18.5. The van der Waals surface area contributed by atoms with Crippen LogP contribution in [-0.4, -0.2) is 47.0 Å². The molecule has 2 N–H and O–H groups in total.